The van der Waals surface area contributed by atoms with Crippen LogP contribution in [-0.2, 0) is 6.42 Å². The van der Waals surface area contributed by atoms with Gasteiger partial charge in [0.1, 0.15) is 0 Å². The molecular formula is C26H21Cl3N4OS. The van der Waals surface area contributed by atoms with Gasteiger partial charge in [0.05, 0.1) is 32.5 Å². The molecule has 0 unspecified atom stereocenters. The Morgan fingerprint density at radius 3 is 2.71 bits per heavy atom. The smallest absolute Gasteiger partial charge is 0.272 e. The van der Waals surface area contributed by atoms with Crippen LogP contribution < -0.4 is 5.32 Å². The number of rotatable bonds is 5. The average Bonchev–Trinajstić information content (AvgIpc) is 3.43. The maximum Gasteiger partial charge on any atom is 0.272 e. The maximum atomic E-state index is 13.4. The van der Waals surface area contributed by atoms with Crippen molar-refractivity contribution >= 4 is 63.7 Å². The van der Waals surface area contributed by atoms with E-state index in [1.807, 2.05) is 43.3 Å². The molecule has 178 valence electrons. The lowest BCUT2D eigenvalue weighted by Crippen LogP contribution is -2.28. The van der Waals surface area contributed by atoms with Crippen molar-refractivity contribution in [3.05, 3.63) is 96.6 Å². The van der Waals surface area contributed by atoms with Crippen molar-refractivity contribution in [3.63, 3.8) is 0 Å². The monoisotopic (exact) mass is 542 g/mol. The molecule has 0 bridgehead atoms. The number of halogens is 3. The Morgan fingerprint density at radius 2 is 2.00 bits per heavy atom. The Hall–Kier alpha value is -2.64. The maximum absolute atomic E-state index is 13.4. The molecule has 5 rings (SSSR count). The van der Waals surface area contributed by atoms with Crippen molar-refractivity contribution in [3.8, 4) is 5.69 Å². The van der Waals surface area contributed by atoms with Crippen LogP contribution in [0.25, 0.3) is 17.3 Å². The lowest BCUT2D eigenvalue weighted by molar-refractivity contribution is 0.0932. The van der Waals surface area contributed by atoms with Crippen molar-refractivity contribution in [2.75, 3.05) is 0 Å². The Bertz CT molecular complexity index is 1430. The number of fused-ring (bicyclic) bond motifs is 1. The SMILES string of the molecule is C[C@@H](NC(=O)c1nn(-c2ccc(Cl)cc2Cl)c2c1CCC/C2=C\c1ccc(Cl)s1)c1ccccn1. The predicted octanol–water partition coefficient (Wildman–Crippen LogP) is 7.66. The first-order chi connectivity index (χ1) is 16.9. The number of hydrogen-bond donors (Lipinski definition) is 1. The Morgan fingerprint density at radius 1 is 1.14 bits per heavy atom. The first kappa shape index (κ1) is 24.1. The van der Waals surface area contributed by atoms with Crippen LogP contribution in [0.5, 0.6) is 0 Å². The van der Waals surface area contributed by atoms with Crippen LogP contribution in [0.15, 0.2) is 54.7 Å². The van der Waals surface area contributed by atoms with Gasteiger partial charge in [0, 0.05) is 21.7 Å². The third kappa shape index (κ3) is 5.02. The number of nitrogens with zero attached hydrogens (tertiary/aromatic N) is 3. The molecule has 3 heterocycles. The van der Waals surface area contributed by atoms with E-state index in [0.29, 0.717) is 21.4 Å². The number of carbonyl (C=O) groups is 1. The quantitative estimate of drug-likeness (QED) is 0.281. The van der Waals surface area contributed by atoms with E-state index in [1.165, 1.54) is 11.3 Å². The van der Waals surface area contributed by atoms with Crippen LogP contribution in [0, 0.1) is 0 Å². The zero-order valence-corrected chi connectivity index (χ0v) is 21.8. The van der Waals surface area contributed by atoms with Gasteiger partial charge in [-0.1, -0.05) is 40.9 Å². The summed E-state index contributed by atoms with van der Waals surface area (Å²) in [5.41, 5.74) is 4.72. The molecule has 1 aliphatic carbocycles. The first-order valence-electron chi connectivity index (χ1n) is 11.2. The summed E-state index contributed by atoms with van der Waals surface area (Å²) >= 11 is 20.4. The highest BCUT2D eigenvalue weighted by atomic mass is 35.5. The number of allylic oxidation sites excluding steroid dienone is 1. The zero-order valence-electron chi connectivity index (χ0n) is 18.8. The van der Waals surface area contributed by atoms with Crippen LogP contribution in [0.1, 0.15) is 58.1 Å². The second kappa shape index (κ2) is 10.2. The number of amides is 1. The van der Waals surface area contributed by atoms with Crippen molar-refractivity contribution < 1.29 is 4.79 Å². The molecule has 1 N–H and O–H groups in total. The van der Waals surface area contributed by atoms with Gasteiger partial charge in [0.2, 0.25) is 0 Å². The average molecular weight is 544 g/mol. The number of thiophene rings is 1. The fourth-order valence-electron chi connectivity index (χ4n) is 4.29. The molecule has 0 spiro atoms. The number of hydrogen-bond acceptors (Lipinski definition) is 4. The minimum Gasteiger partial charge on any atom is -0.343 e. The molecule has 4 aromatic rings. The number of carbonyl (C=O) groups excluding carboxylic acids is 1. The molecule has 0 radical (unpaired) electrons. The van der Waals surface area contributed by atoms with Gasteiger partial charge in [-0.15, -0.1) is 11.3 Å². The van der Waals surface area contributed by atoms with Gasteiger partial charge in [0.25, 0.3) is 5.91 Å². The topological polar surface area (TPSA) is 59.8 Å². The summed E-state index contributed by atoms with van der Waals surface area (Å²) in [5.74, 6) is -0.247. The molecular weight excluding hydrogens is 523 g/mol. The van der Waals surface area contributed by atoms with Crippen molar-refractivity contribution in [1.29, 1.82) is 0 Å². The highest BCUT2D eigenvalue weighted by molar-refractivity contribution is 7.17. The standard InChI is InChI=1S/C26H21Cl3N4OS/c1-15(21-7-2-3-12-30-21)31-26(34)24-19-6-4-5-16(13-18-9-11-23(29)35-18)25(19)33(32-24)22-10-8-17(27)14-20(22)28/h2-3,7-15H,4-6H2,1H3,(H,31,34)/b16-13+/t15-/m1/s1. The zero-order chi connectivity index (χ0) is 24.5. The second-order valence-electron chi connectivity index (χ2n) is 8.30. The molecule has 1 atom stereocenters. The second-order valence-corrected chi connectivity index (χ2v) is 10.9. The van der Waals surface area contributed by atoms with Gasteiger partial charge in [0.15, 0.2) is 5.69 Å². The summed E-state index contributed by atoms with van der Waals surface area (Å²) in [5, 5.41) is 8.83. The summed E-state index contributed by atoms with van der Waals surface area (Å²) < 4.78 is 2.50. The van der Waals surface area contributed by atoms with E-state index in [1.54, 1.807) is 23.0 Å². The minimum atomic E-state index is -0.268. The molecule has 3 aromatic heterocycles. The van der Waals surface area contributed by atoms with E-state index in [4.69, 9.17) is 39.9 Å². The number of pyridine rings is 1. The van der Waals surface area contributed by atoms with E-state index >= 15 is 0 Å². The highest BCUT2D eigenvalue weighted by Gasteiger charge is 2.30. The minimum absolute atomic E-state index is 0.247. The number of aromatic nitrogens is 3. The van der Waals surface area contributed by atoms with Crippen molar-refractivity contribution in [1.82, 2.24) is 20.1 Å². The summed E-state index contributed by atoms with van der Waals surface area (Å²) in [7, 11) is 0. The Balaban J connectivity index is 1.61. The summed E-state index contributed by atoms with van der Waals surface area (Å²) in [6, 6.07) is 14.5. The molecule has 1 aromatic carbocycles. The molecule has 0 fully saturated rings. The Kier molecular flexibility index (Phi) is 6.98. The fraction of sp³-hybridized carbons (Fsp3) is 0.192. The van der Waals surface area contributed by atoms with E-state index in [-0.39, 0.29) is 11.9 Å². The predicted molar refractivity (Wildman–Crippen MR) is 144 cm³/mol. The molecule has 9 heteroatoms. The van der Waals surface area contributed by atoms with E-state index < -0.39 is 0 Å². The van der Waals surface area contributed by atoms with Gasteiger partial charge >= 0.3 is 0 Å². The van der Waals surface area contributed by atoms with Crippen LogP contribution in [0.4, 0.5) is 0 Å². The lowest BCUT2D eigenvalue weighted by Gasteiger charge is -2.19. The molecule has 0 saturated heterocycles. The fourth-order valence-corrected chi connectivity index (χ4v) is 5.81. The van der Waals surface area contributed by atoms with E-state index in [0.717, 1.165) is 51.0 Å². The van der Waals surface area contributed by atoms with Crippen molar-refractivity contribution in [2.24, 2.45) is 0 Å². The van der Waals surface area contributed by atoms with Gasteiger partial charge in [-0.2, -0.15) is 5.10 Å². The van der Waals surface area contributed by atoms with Crippen LogP contribution in [0.3, 0.4) is 0 Å². The molecule has 1 aliphatic rings. The normalized spacial score (nSPS) is 15.1. The Labute approximate surface area is 222 Å². The lowest BCUT2D eigenvalue weighted by atomic mass is 9.90. The molecule has 0 saturated carbocycles. The van der Waals surface area contributed by atoms with E-state index in [9.17, 15) is 4.79 Å². The molecule has 1 amide bonds. The third-order valence-corrected chi connectivity index (χ3v) is 7.62. The van der Waals surface area contributed by atoms with Crippen LogP contribution in [-0.4, -0.2) is 20.7 Å². The molecule has 0 aliphatic heterocycles. The summed E-state index contributed by atoms with van der Waals surface area (Å²) in [4.78, 5) is 18.9. The highest BCUT2D eigenvalue weighted by Crippen LogP contribution is 2.38. The number of nitrogens with one attached hydrogen (secondary N) is 1. The van der Waals surface area contributed by atoms with Gasteiger partial charge < -0.3 is 5.32 Å². The summed E-state index contributed by atoms with van der Waals surface area (Å²) in [6.45, 7) is 1.91. The number of benzene rings is 1. The van der Waals surface area contributed by atoms with Gasteiger partial charge in [-0.05, 0) is 80.3 Å². The third-order valence-electron chi connectivity index (χ3n) is 5.90. The van der Waals surface area contributed by atoms with Gasteiger partial charge in [-0.3, -0.25) is 9.78 Å². The first-order valence-corrected chi connectivity index (χ1v) is 13.1. The van der Waals surface area contributed by atoms with Crippen LogP contribution >= 0.6 is 46.1 Å². The van der Waals surface area contributed by atoms with E-state index in [2.05, 4.69) is 16.4 Å². The van der Waals surface area contributed by atoms with Crippen LogP contribution in [0.2, 0.25) is 14.4 Å². The van der Waals surface area contributed by atoms with Crippen molar-refractivity contribution in [2.45, 2.75) is 32.2 Å². The van der Waals surface area contributed by atoms with Gasteiger partial charge in [-0.25, -0.2) is 4.68 Å². The molecule has 5 nitrogen and oxygen atoms in total. The molecule has 35 heavy (non-hydrogen) atoms. The summed E-state index contributed by atoms with van der Waals surface area (Å²) in [6.07, 6.45) is 6.34. The largest absolute Gasteiger partial charge is 0.343 e.